The Balaban J connectivity index is 1.78. The highest BCUT2D eigenvalue weighted by Crippen LogP contribution is 2.34. The fourth-order valence-electron chi connectivity index (χ4n) is 2.95. The molecule has 0 saturated heterocycles. The topological polar surface area (TPSA) is 75.3 Å². The van der Waals surface area contributed by atoms with E-state index in [0.717, 1.165) is 10.8 Å². The minimum absolute atomic E-state index is 0.0441. The molecule has 0 atom stereocenters. The van der Waals surface area contributed by atoms with Crippen LogP contribution in [0.25, 0.3) is 10.8 Å². The third-order valence-electron chi connectivity index (χ3n) is 4.11. The maximum Gasteiger partial charge on any atom is 0.263 e. The summed E-state index contributed by atoms with van der Waals surface area (Å²) in [6, 6.07) is 15.8. The number of amides is 1. The van der Waals surface area contributed by atoms with Gasteiger partial charge in [0, 0.05) is 11.1 Å². The zero-order valence-electron chi connectivity index (χ0n) is 12.9. The lowest BCUT2D eigenvalue weighted by Crippen LogP contribution is -2.14. The molecule has 3 aromatic carbocycles. The number of rotatable bonds is 3. The molecule has 0 saturated carbocycles. The normalized spacial score (nSPS) is 13.6. The number of nitrogens with one attached hydrogen (secondary N) is 2. The van der Waals surface area contributed by atoms with Gasteiger partial charge in [-0.1, -0.05) is 48.0 Å². The van der Waals surface area contributed by atoms with Crippen molar-refractivity contribution in [1.82, 2.24) is 0 Å². The van der Waals surface area contributed by atoms with E-state index in [2.05, 4.69) is 10.0 Å². The van der Waals surface area contributed by atoms with Crippen LogP contribution in [0.3, 0.4) is 0 Å². The van der Waals surface area contributed by atoms with Gasteiger partial charge in [-0.3, -0.25) is 9.52 Å². The van der Waals surface area contributed by atoms with Crippen molar-refractivity contribution in [2.75, 3.05) is 10.0 Å². The molecule has 3 aromatic rings. The molecule has 5 nitrogen and oxygen atoms in total. The van der Waals surface area contributed by atoms with Gasteiger partial charge in [-0.05, 0) is 29.1 Å². The summed E-state index contributed by atoms with van der Waals surface area (Å²) in [5.41, 5.74) is 1.65. The fourth-order valence-corrected chi connectivity index (χ4v) is 4.60. The molecule has 2 N–H and O–H groups in total. The predicted octanol–water partition coefficient (Wildman–Crippen LogP) is 3.79. The summed E-state index contributed by atoms with van der Waals surface area (Å²) in [7, 11) is -3.90. The molecule has 0 aromatic heterocycles. The molecule has 0 spiro atoms. The van der Waals surface area contributed by atoms with Gasteiger partial charge in [-0.2, -0.15) is 0 Å². The van der Waals surface area contributed by atoms with Crippen LogP contribution in [0.1, 0.15) is 5.56 Å². The van der Waals surface area contributed by atoms with Gasteiger partial charge in [-0.25, -0.2) is 8.42 Å². The van der Waals surface area contributed by atoms with Gasteiger partial charge < -0.3 is 5.32 Å². The number of anilines is 2. The Morgan fingerprint density at radius 3 is 2.64 bits per heavy atom. The van der Waals surface area contributed by atoms with Crippen molar-refractivity contribution in [3.8, 4) is 0 Å². The lowest BCUT2D eigenvalue weighted by molar-refractivity contribution is -0.115. The molecule has 1 heterocycles. The van der Waals surface area contributed by atoms with Crippen molar-refractivity contribution in [1.29, 1.82) is 0 Å². The Kier molecular flexibility index (Phi) is 3.67. The number of benzene rings is 3. The Morgan fingerprint density at radius 2 is 1.80 bits per heavy atom. The predicted molar refractivity (Wildman–Crippen MR) is 98.5 cm³/mol. The van der Waals surface area contributed by atoms with Gasteiger partial charge >= 0.3 is 0 Å². The summed E-state index contributed by atoms with van der Waals surface area (Å²) >= 11 is 6.15. The summed E-state index contributed by atoms with van der Waals surface area (Å²) in [5.74, 6) is -0.178. The molecule has 1 amide bonds. The molecule has 0 unspecified atom stereocenters. The first-order valence-electron chi connectivity index (χ1n) is 7.57. The van der Waals surface area contributed by atoms with Crippen LogP contribution in [0.15, 0.2) is 59.5 Å². The molecule has 1 aliphatic heterocycles. The number of hydrogen-bond acceptors (Lipinski definition) is 3. The molecular formula is C18H13ClN2O3S. The van der Waals surface area contributed by atoms with Gasteiger partial charge in [0.05, 0.1) is 17.1 Å². The summed E-state index contributed by atoms with van der Waals surface area (Å²) in [6.45, 7) is 0. The third kappa shape index (κ3) is 2.83. The summed E-state index contributed by atoms with van der Waals surface area (Å²) in [6.07, 6.45) is 0.142. The van der Waals surface area contributed by atoms with Crippen molar-refractivity contribution in [3.05, 3.63) is 65.2 Å². The SMILES string of the molecule is O=C1Cc2cc(S(=O)(=O)Nc3cccc4ccccc34)c(Cl)cc2N1. The van der Waals surface area contributed by atoms with Crippen LogP contribution in [0.2, 0.25) is 5.02 Å². The largest absolute Gasteiger partial charge is 0.325 e. The Bertz CT molecular complexity index is 1120. The molecular weight excluding hydrogens is 360 g/mol. The van der Waals surface area contributed by atoms with Crippen LogP contribution in [0, 0.1) is 0 Å². The van der Waals surface area contributed by atoms with Crippen LogP contribution >= 0.6 is 11.6 Å². The van der Waals surface area contributed by atoms with E-state index in [1.54, 1.807) is 12.1 Å². The second kappa shape index (κ2) is 5.75. The number of halogens is 1. The fraction of sp³-hybridized carbons (Fsp3) is 0.0556. The van der Waals surface area contributed by atoms with Crippen molar-refractivity contribution in [3.63, 3.8) is 0 Å². The van der Waals surface area contributed by atoms with Crippen molar-refractivity contribution in [2.45, 2.75) is 11.3 Å². The first kappa shape index (κ1) is 15.9. The van der Waals surface area contributed by atoms with Crippen molar-refractivity contribution < 1.29 is 13.2 Å². The zero-order valence-corrected chi connectivity index (χ0v) is 14.5. The highest BCUT2D eigenvalue weighted by Gasteiger charge is 2.25. The molecule has 1 aliphatic rings. The quantitative estimate of drug-likeness (QED) is 0.734. The summed E-state index contributed by atoms with van der Waals surface area (Å²) in [5, 5.41) is 4.44. The Labute approximate surface area is 149 Å². The maximum absolute atomic E-state index is 12.8. The maximum atomic E-state index is 12.8. The van der Waals surface area contributed by atoms with Gasteiger partial charge in [0.2, 0.25) is 5.91 Å². The highest BCUT2D eigenvalue weighted by atomic mass is 35.5. The Hall–Kier alpha value is -2.57. The molecule has 7 heteroatoms. The van der Waals surface area contributed by atoms with E-state index in [-0.39, 0.29) is 22.2 Å². The number of carbonyl (C=O) groups excluding carboxylic acids is 1. The van der Waals surface area contributed by atoms with Gasteiger partial charge in [0.25, 0.3) is 10.0 Å². The van der Waals surface area contributed by atoms with Crippen LogP contribution < -0.4 is 10.0 Å². The molecule has 126 valence electrons. The summed E-state index contributed by atoms with van der Waals surface area (Å²) < 4.78 is 28.3. The molecule has 25 heavy (non-hydrogen) atoms. The number of sulfonamides is 1. The van der Waals surface area contributed by atoms with Crippen LogP contribution in [0.5, 0.6) is 0 Å². The van der Waals surface area contributed by atoms with Crippen LogP contribution in [-0.2, 0) is 21.2 Å². The van der Waals surface area contributed by atoms with Gasteiger partial charge in [0.1, 0.15) is 4.90 Å². The number of hydrogen-bond donors (Lipinski definition) is 2. The van der Waals surface area contributed by atoms with E-state index in [1.165, 1.54) is 12.1 Å². The van der Waals surface area contributed by atoms with E-state index in [4.69, 9.17) is 11.6 Å². The lowest BCUT2D eigenvalue weighted by Gasteiger charge is -2.13. The van der Waals surface area contributed by atoms with E-state index in [1.807, 2.05) is 30.3 Å². The van der Waals surface area contributed by atoms with E-state index >= 15 is 0 Å². The Morgan fingerprint density at radius 1 is 1.04 bits per heavy atom. The second-order valence-electron chi connectivity index (χ2n) is 5.80. The van der Waals surface area contributed by atoms with Gasteiger partial charge in [-0.15, -0.1) is 0 Å². The standard InChI is InChI=1S/C18H13ClN2O3S/c19-14-10-16-12(9-18(22)20-16)8-17(14)25(23,24)21-15-7-3-5-11-4-1-2-6-13(11)15/h1-8,10,21H,9H2,(H,20,22). The third-order valence-corrected chi connectivity index (χ3v) is 5.94. The van der Waals surface area contributed by atoms with Crippen molar-refractivity contribution in [2.24, 2.45) is 0 Å². The molecule has 0 radical (unpaired) electrons. The number of carbonyl (C=O) groups is 1. The minimum atomic E-state index is -3.90. The summed E-state index contributed by atoms with van der Waals surface area (Å²) in [4.78, 5) is 11.4. The minimum Gasteiger partial charge on any atom is -0.325 e. The van der Waals surface area contributed by atoms with Crippen LogP contribution in [0.4, 0.5) is 11.4 Å². The molecule has 0 fully saturated rings. The monoisotopic (exact) mass is 372 g/mol. The van der Waals surface area contributed by atoms with E-state index < -0.39 is 10.0 Å². The number of fused-ring (bicyclic) bond motifs is 2. The van der Waals surface area contributed by atoms with E-state index in [0.29, 0.717) is 16.9 Å². The van der Waals surface area contributed by atoms with E-state index in [9.17, 15) is 13.2 Å². The molecule has 0 bridgehead atoms. The zero-order chi connectivity index (χ0) is 17.6. The first-order valence-corrected chi connectivity index (χ1v) is 9.43. The first-order chi connectivity index (χ1) is 11.9. The van der Waals surface area contributed by atoms with Crippen LogP contribution in [-0.4, -0.2) is 14.3 Å². The van der Waals surface area contributed by atoms with Crippen molar-refractivity contribution >= 4 is 49.7 Å². The highest BCUT2D eigenvalue weighted by molar-refractivity contribution is 7.92. The molecule has 0 aliphatic carbocycles. The smallest absolute Gasteiger partial charge is 0.263 e. The molecule has 4 rings (SSSR count). The van der Waals surface area contributed by atoms with Gasteiger partial charge in [0.15, 0.2) is 0 Å². The average Bonchev–Trinajstić information content (AvgIpc) is 2.93. The lowest BCUT2D eigenvalue weighted by atomic mass is 10.1. The second-order valence-corrected chi connectivity index (χ2v) is 7.85. The average molecular weight is 373 g/mol.